The Balaban J connectivity index is 2.50. The average Bonchev–Trinajstić information content (AvgIpc) is 2.87. The number of halogens is 3. The van der Waals surface area contributed by atoms with Gasteiger partial charge in [-0.25, -0.2) is 4.68 Å². The number of hydrogen-bond donors (Lipinski definition) is 0. The molecule has 20 heavy (non-hydrogen) atoms. The largest absolute Gasteiger partial charge is 0.435 e. The SMILES string of the molecule is O=Cc1cc([N+](=O)[O-])ccc1-n1ccc(C(F)(F)F)n1. The highest BCUT2D eigenvalue weighted by molar-refractivity contribution is 5.82. The van der Waals surface area contributed by atoms with Crippen molar-refractivity contribution >= 4 is 12.0 Å². The molecule has 0 N–H and O–H groups in total. The van der Waals surface area contributed by atoms with E-state index in [9.17, 15) is 28.1 Å². The molecule has 0 saturated carbocycles. The Hall–Kier alpha value is -2.71. The summed E-state index contributed by atoms with van der Waals surface area (Å²) in [5.41, 5.74) is -1.55. The van der Waals surface area contributed by atoms with Gasteiger partial charge in [0.05, 0.1) is 10.6 Å². The molecule has 0 unspecified atom stereocenters. The molecule has 9 heteroatoms. The highest BCUT2D eigenvalue weighted by Crippen LogP contribution is 2.28. The van der Waals surface area contributed by atoms with Gasteiger partial charge in [-0.3, -0.25) is 14.9 Å². The number of nitrogens with zero attached hydrogens (tertiary/aromatic N) is 3. The Kier molecular flexibility index (Phi) is 3.26. The number of nitro groups is 1. The van der Waals surface area contributed by atoms with Gasteiger partial charge in [0.15, 0.2) is 12.0 Å². The van der Waals surface area contributed by atoms with Gasteiger partial charge in [0, 0.05) is 23.9 Å². The third-order valence-corrected chi connectivity index (χ3v) is 2.48. The minimum absolute atomic E-state index is 0.0288. The maximum Gasteiger partial charge on any atom is 0.435 e. The molecule has 1 heterocycles. The molecule has 0 bridgehead atoms. The van der Waals surface area contributed by atoms with Crippen LogP contribution in [0.1, 0.15) is 16.1 Å². The third kappa shape index (κ3) is 2.51. The van der Waals surface area contributed by atoms with Crippen LogP contribution in [-0.4, -0.2) is 21.0 Å². The van der Waals surface area contributed by atoms with Crippen LogP contribution < -0.4 is 0 Å². The van der Waals surface area contributed by atoms with Crippen molar-refractivity contribution in [3.05, 3.63) is 51.8 Å². The summed E-state index contributed by atoms with van der Waals surface area (Å²) in [5.74, 6) is 0. The lowest BCUT2D eigenvalue weighted by atomic mass is 10.2. The first-order chi connectivity index (χ1) is 9.32. The lowest BCUT2D eigenvalue weighted by Gasteiger charge is -2.05. The molecular weight excluding hydrogens is 279 g/mol. The topological polar surface area (TPSA) is 78.0 Å². The fraction of sp³-hybridized carbons (Fsp3) is 0.0909. The molecule has 0 fully saturated rings. The maximum atomic E-state index is 12.4. The summed E-state index contributed by atoms with van der Waals surface area (Å²) in [7, 11) is 0. The van der Waals surface area contributed by atoms with E-state index in [2.05, 4.69) is 5.10 Å². The van der Waals surface area contributed by atoms with Crippen molar-refractivity contribution in [2.75, 3.05) is 0 Å². The zero-order valence-electron chi connectivity index (χ0n) is 9.66. The van der Waals surface area contributed by atoms with Gasteiger partial charge in [-0.1, -0.05) is 0 Å². The lowest BCUT2D eigenvalue weighted by Crippen LogP contribution is -2.08. The monoisotopic (exact) mass is 285 g/mol. The van der Waals surface area contributed by atoms with Crippen molar-refractivity contribution in [3.8, 4) is 5.69 Å². The number of rotatable bonds is 3. The second kappa shape index (κ2) is 4.76. The van der Waals surface area contributed by atoms with Crippen LogP contribution in [0.4, 0.5) is 18.9 Å². The Morgan fingerprint density at radius 2 is 2.00 bits per heavy atom. The van der Waals surface area contributed by atoms with Crippen LogP contribution in [0.2, 0.25) is 0 Å². The van der Waals surface area contributed by atoms with Crippen molar-refractivity contribution in [3.63, 3.8) is 0 Å². The van der Waals surface area contributed by atoms with E-state index in [4.69, 9.17) is 0 Å². The normalized spacial score (nSPS) is 11.3. The highest BCUT2D eigenvalue weighted by Gasteiger charge is 2.33. The van der Waals surface area contributed by atoms with Gasteiger partial charge in [-0.05, 0) is 12.1 Å². The fourth-order valence-electron chi connectivity index (χ4n) is 1.57. The van der Waals surface area contributed by atoms with Crippen molar-refractivity contribution in [1.82, 2.24) is 9.78 Å². The second-order valence-electron chi connectivity index (χ2n) is 3.76. The molecule has 0 atom stereocenters. The van der Waals surface area contributed by atoms with Gasteiger partial charge in [0.1, 0.15) is 0 Å². The highest BCUT2D eigenvalue weighted by atomic mass is 19.4. The maximum absolute atomic E-state index is 12.4. The summed E-state index contributed by atoms with van der Waals surface area (Å²) in [6.07, 6.45) is -3.26. The summed E-state index contributed by atoms with van der Waals surface area (Å²) >= 11 is 0. The van der Waals surface area contributed by atoms with E-state index in [0.717, 1.165) is 35.1 Å². The number of non-ortho nitro benzene ring substituents is 1. The summed E-state index contributed by atoms with van der Waals surface area (Å²) in [5, 5.41) is 13.9. The van der Waals surface area contributed by atoms with Crippen LogP contribution in [0.3, 0.4) is 0 Å². The standard InChI is InChI=1S/C11H6F3N3O3/c12-11(13,14)10-3-4-16(15-10)9-2-1-8(17(19)20)5-7(9)6-18/h1-6H. The predicted molar refractivity (Wildman–Crippen MR) is 60.6 cm³/mol. The van der Waals surface area contributed by atoms with E-state index in [1.54, 1.807) is 0 Å². The van der Waals surface area contributed by atoms with Crippen molar-refractivity contribution in [1.29, 1.82) is 0 Å². The number of nitro benzene ring substituents is 1. The zero-order chi connectivity index (χ0) is 14.9. The van der Waals surface area contributed by atoms with E-state index >= 15 is 0 Å². The Morgan fingerprint density at radius 3 is 2.50 bits per heavy atom. The van der Waals surface area contributed by atoms with Crippen LogP contribution in [0.5, 0.6) is 0 Å². The van der Waals surface area contributed by atoms with E-state index < -0.39 is 16.8 Å². The zero-order valence-corrected chi connectivity index (χ0v) is 9.66. The lowest BCUT2D eigenvalue weighted by molar-refractivity contribution is -0.384. The second-order valence-corrected chi connectivity index (χ2v) is 3.76. The first kappa shape index (κ1) is 13.7. The van der Waals surface area contributed by atoms with Crippen LogP contribution in [-0.2, 0) is 6.18 Å². The summed E-state index contributed by atoms with van der Waals surface area (Å²) < 4.78 is 38.1. The van der Waals surface area contributed by atoms with E-state index in [1.807, 2.05) is 0 Å². The number of benzene rings is 1. The number of aromatic nitrogens is 2. The predicted octanol–water partition coefficient (Wildman–Crippen LogP) is 2.61. The molecule has 2 aromatic rings. The van der Waals surface area contributed by atoms with Gasteiger partial charge in [0.2, 0.25) is 0 Å². The Morgan fingerprint density at radius 1 is 1.30 bits per heavy atom. The molecule has 1 aromatic heterocycles. The van der Waals surface area contributed by atoms with E-state index in [0.29, 0.717) is 6.29 Å². The smallest absolute Gasteiger partial charge is 0.298 e. The summed E-state index contributed by atoms with van der Waals surface area (Å²) in [6.45, 7) is 0. The van der Waals surface area contributed by atoms with Crippen molar-refractivity contribution in [2.24, 2.45) is 0 Å². The molecule has 0 radical (unpaired) electrons. The third-order valence-electron chi connectivity index (χ3n) is 2.48. The molecule has 2 rings (SSSR count). The Labute approximate surface area is 109 Å². The van der Waals surface area contributed by atoms with Gasteiger partial charge in [-0.15, -0.1) is 0 Å². The van der Waals surface area contributed by atoms with Gasteiger partial charge < -0.3 is 0 Å². The number of hydrogen-bond acceptors (Lipinski definition) is 4. The quantitative estimate of drug-likeness (QED) is 0.493. The van der Waals surface area contributed by atoms with Crippen molar-refractivity contribution in [2.45, 2.75) is 6.18 Å². The molecule has 0 saturated heterocycles. The minimum atomic E-state index is -4.60. The average molecular weight is 285 g/mol. The molecule has 1 aromatic carbocycles. The first-order valence-electron chi connectivity index (χ1n) is 5.20. The van der Waals surface area contributed by atoms with Gasteiger partial charge in [0.25, 0.3) is 5.69 Å². The number of carbonyl (C=O) groups is 1. The van der Waals surface area contributed by atoms with Crippen molar-refractivity contribution < 1.29 is 22.9 Å². The van der Waals surface area contributed by atoms with Crippen LogP contribution in [0.25, 0.3) is 5.69 Å². The molecule has 0 aliphatic rings. The number of alkyl halides is 3. The molecule has 0 spiro atoms. The molecule has 104 valence electrons. The number of carbonyl (C=O) groups excluding carboxylic acids is 1. The van der Waals surface area contributed by atoms with Gasteiger partial charge >= 0.3 is 6.18 Å². The van der Waals surface area contributed by atoms with Crippen LogP contribution in [0, 0.1) is 10.1 Å². The van der Waals surface area contributed by atoms with Crippen LogP contribution >= 0.6 is 0 Å². The Bertz CT molecular complexity index is 679. The molecule has 6 nitrogen and oxygen atoms in total. The molecular formula is C11H6F3N3O3. The van der Waals surface area contributed by atoms with Crippen LogP contribution in [0.15, 0.2) is 30.5 Å². The summed E-state index contributed by atoms with van der Waals surface area (Å²) in [4.78, 5) is 20.8. The van der Waals surface area contributed by atoms with E-state index in [-0.39, 0.29) is 16.9 Å². The molecule has 0 aliphatic carbocycles. The first-order valence-corrected chi connectivity index (χ1v) is 5.20. The molecule has 0 amide bonds. The number of aldehydes is 1. The minimum Gasteiger partial charge on any atom is -0.298 e. The van der Waals surface area contributed by atoms with Gasteiger partial charge in [-0.2, -0.15) is 18.3 Å². The molecule has 0 aliphatic heterocycles. The summed E-state index contributed by atoms with van der Waals surface area (Å²) in [6, 6.07) is 3.96. The fourth-order valence-corrected chi connectivity index (χ4v) is 1.57. The van der Waals surface area contributed by atoms with E-state index in [1.165, 1.54) is 0 Å².